The summed E-state index contributed by atoms with van der Waals surface area (Å²) in [6.07, 6.45) is 3.34. The topological polar surface area (TPSA) is 66.0 Å². The molecule has 2 N–H and O–H groups in total. The quantitative estimate of drug-likeness (QED) is 0.805. The van der Waals surface area contributed by atoms with Crippen LogP contribution < -0.4 is 10.5 Å². The summed E-state index contributed by atoms with van der Waals surface area (Å²) in [7, 11) is 1.63. The number of hydrogen-bond donors (Lipinski definition) is 1. The first-order valence-corrected chi connectivity index (χ1v) is 6.44. The van der Waals surface area contributed by atoms with Gasteiger partial charge >= 0.3 is 0 Å². The van der Waals surface area contributed by atoms with Crippen LogP contribution in [0, 0.1) is 0 Å². The van der Waals surface area contributed by atoms with Gasteiger partial charge in [0.15, 0.2) is 0 Å². The molecule has 0 amide bonds. The highest BCUT2D eigenvalue weighted by Gasteiger charge is 2.07. The van der Waals surface area contributed by atoms with Gasteiger partial charge in [0.05, 0.1) is 30.4 Å². The molecular formula is C14H13ClN4O. The van der Waals surface area contributed by atoms with Gasteiger partial charge in [0, 0.05) is 23.2 Å². The van der Waals surface area contributed by atoms with E-state index in [1.54, 1.807) is 24.2 Å². The number of pyridine rings is 1. The predicted molar refractivity (Wildman–Crippen MR) is 79.0 cm³/mol. The van der Waals surface area contributed by atoms with Crippen LogP contribution in [0.2, 0.25) is 5.02 Å². The fourth-order valence-electron chi connectivity index (χ4n) is 2.06. The highest BCUT2D eigenvalue weighted by atomic mass is 35.5. The smallest absolute Gasteiger partial charge is 0.129 e. The summed E-state index contributed by atoms with van der Waals surface area (Å²) in [6, 6.07) is 7.72. The molecule has 5 nitrogen and oxygen atoms in total. The van der Waals surface area contributed by atoms with Crippen LogP contribution in [0.5, 0.6) is 5.75 Å². The third-order valence-corrected chi connectivity index (χ3v) is 3.27. The Morgan fingerprint density at radius 3 is 2.90 bits per heavy atom. The van der Waals surface area contributed by atoms with Crippen molar-refractivity contribution in [1.82, 2.24) is 14.8 Å². The third kappa shape index (κ3) is 2.40. The highest BCUT2D eigenvalue weighted by Crippen LogP contribution is 2.23. The first kappa shape index (κ1) is 12.7. The largest absolute Gasteiger partial charge is 0.497 e. The van der Waals surface area contributed by atoms with Crippen LogP contribution in [0.15, 0.2) is 36.7 Å². The fraction of sp³-hybridized carbons (Fsp3) is 0.143. The van der Waals surface area contributed by atoms with E-state index in [0.717, 1.165) is 22.2 Å². The van der Waals surface area contributed by atoms with Crippen LogP contribution in [-0.4, -0.2) is 21.9 Å². The number of nitrogens with zero attached hydrogens (tertiary/aromatic N) is 3. The second-order valence-corrected chi connectivity index (χ2v) is 4.88. The van der Waals surface area contributed by atoms with E-state index in [0.29, 0.717) is 17.4 Å². The summed E-state index contributed by atoms with van der Waals surface area (Å²) >= 11 is 5.85. The Hall–Kier alpha value is -2.27. The number of aromatic nitrogens is 3. The zero-order chi connectivity index (χ0) is 14.1. The number of halogens is 1. The molecule has 0 aliphatic heterocycles. The maximum atomic E-state index is 6.01. The maximum Gasteiger partial charge on any atom is 0.129 e. The fourth-order valence-corrected chi connectivity index (χ4v) is 2.21. The number of benzene rings is 1. The number of nitrogens with two attached hydrogens (primary N) is 1. The van der Waals surface area contributed by atoms with Gasteiger partial charge in [-0.25, -0.2) is 4.98 Å². The Morgan fingerprint density at radius 1 is 1.35 bits per heavy atom. The molecule has 2 heterocycles. The number of methoxy groups -OCH3 is 1. The Balaban J connectivity index is 2.01. The zero-order valence-electron chi connectivity index (χ0n) is 10.9. The molecule has 3 aromatic rings. The van der Waals surface area contributed by atoms with E-state index in [4.69, 9.17) is 22.1 Å². The molecule has 0 spiro atoms. The first-order chi connectivity index (χ1) is 9.65. The molecule has 0 aliphatic rings. The zero-order valence-corrected chi connectivity index (χ0v) is 11.6. The third-order valence-electron chi connectivity index (χ3n) is 3.07. The molecule has 0 unspecified atom stereocenters. The van der Waals surface area contributed by atoms with Crippen molar-refractivity contribution in [3.63, 3.8) is 0 Å². The molecule has 102 valence electrons. The van der Waals surface area contributed by atoms with E-state index in [2.05, 4.69) is 10.1 Å². The van der Waals surface area contributed by atoms with E-state index >= 15 is 0 Å². The molecule has 0 fully saturated rings. The van der Waals surface area contributed by atoms with Gasteiger partial charge < -0.3 is 10.5 Å². The van der Waals surface area contributed by atoms with Crippen LogP contribution in [0.3, 0.4) is 0 Å². The van der Waals surface area contributed by atoms with E-state index < -0.39 is 0 Å². The molecule has 0 aliphatic carbocycles. The van der Waals surface area contributed by atoms with Gasteiger partial charge in [0.2, 0.25) is 0 Å². The van der Waals surface area contributed by atoms with Crippen molar-refractivity contribution in [2.24, 2.45) is 0 Å². The van der Waals surface area contributed by atoms with Crippen molar-refractivity contribution in [3.05, 3.63) is 47.2 Å². The van der Waals surface area contributed by atoms with Crippen LogP contribution >= 0.6 is 11.6 Å². The van der Waals surface area contributed by atoms with Crippen LogP contribution in [-0.2, 0) is 6.54 Å². The minimum absolute atomic E-state index is 0.484. The molecule has 3 rings (SSSR count). The van der Waals surface area contributed by atoms with Crippen molar-refractivity contribution in [2.45, 2.75) is 6.54 Å². The van der Waals surface area contributed by atoms with Gasteiger partial charge in [-0.1, -0.05) is 11.6 Å². The van der Waals surface area contributed by atoms with Gasteiger partial charge in [-0.05, 0) is 18.2 Å². The molecule has 0 saturated heterocycles. The number of anilines is 1. The van der Waals surface area contributed by atoms with Gasteiger partial charge in [-0.2, -0.15) is 5.10 Å². The Kier molecular flexibility index (Phi) is 3.20. The van der Waals surface area contributed by atoms with Gasteiger partial charge in [0.1, 0.15) is 11.6 Å². The van der Waals surface area contributed by atoms with E-state index in [-0.39, 0.29) is 0 Å². The second kappa shape index (κ2) is 5.02. The summed E-state index contributed by atoms with van der Waals surface area (Å²) in [4.78, 5) is 4.41. The minimum atomic E-state index is 0.484. The number of hydrogen-bond acceptors (Lipinski definition) is 4. The van der Waals surface area contributed by atoms with Crippen LogP contribution in [0.1, 0.15) is 5.56 Å². The summed E-state index contributed by atoms with van der Waals surface area (Å²) < 4.78 is 6.91. The molecule has 0 atom stereocenters. The molecule has 0 radical (unpaired) electrons. The molecule has 2 aromatic heterocycles. The second-order valence-electron chi connectivity index (χ2n) is 4.45. The summed E-state index contributed by atoms with van der Waals surface area (Å²) in [5, 5.41) is 5.75. The van der Waals surface area contributed by atoms with Crippen molar-refractivity contribution in [2.75, 3.05) is 12.8 Å². The lowest BCUT2D eigenvalue weighted by Gasteiger charge is -2.08. The van der Waals surface area contributed by atoms with Gasteiger partial charge in [-0.15, -0.1) is 0 Å². The van der Waals surface area contributed by atoms with Crippen molar-refractivity contribution >= 4 is 28.3 Å². The average Bonchev–Trinajstić information content (AvgIpc) is 2.84. The Bertz CT molecular complexity index is 769. The number of rotatable bonds is 3. The number of ether oxygens (including phenoxy) is 1. The maximum absolute atomic E-state index is 6.01. The molecule has 0 saturated carbocycles. The summed E-state index contributed by atoms with van der Waals surface area (Å²) in [5.41, 5.74) is 7.72. The van der Waals surface area contributed by atoms with Crippen LogP contribution in [0.4, 0.5) is 5.82 Å². The predicted octanol–water partition coefficient (Wildman–Crippen LogP) is 2.72. The van der Waals surface area contributed by atoms with Crippen LogP contribution in [0.25, 0.3) is 10.9 Å². The highest BCUT2D eigenvalue weighted by molar-refractivity contribution is 6.30. The SMILES string of the molecule is COc1ccc2cc(Cn3cc(Cl)cn3)c(N)nc2c1. The molecular weight excluding hydrogens is 276 g/mol. The first-order valence-electron chi connectivity index (χ1n) is 6.07. The van der Waals surface area contributed by atoms with Crippen molar-refractivity contribution in [3.8, 4) is 5.75 Å². The standard InChI is InChI=1S/C14H13ClN4O/c1-20-12-3-2-9-4-10(14(16)18-13(9)5-12)7-19-8-11(15)6-17-19/h2-6,8H,7H2,1H3,(H2,16,18). The summed E-state index contributed by atoms with van der Waals surface area (Å²) in [6.45, 7) is 0.535. The minimum Gasteiger partial charge on any atom is -0.497 e. The molecule has 6 heteroatoms. The lowest BCUT2D eigenvalue weighted by molar-refractivity contribution is 0.415. The van der Waals surface area contributed by atoms with E-state index in [1.165, 1.54) is 0 Å². The van der Waals surface area contributed by atoms with Gasteiger partial charge in [0.25, 0.3) is 0 Å². The molecule has 1 aromatic carbocycles. The van der Waals surface area contributed by atoms with Crippen molar-refractivity contribution in [1.29, 1.82) is 0 Å². The lowest BCUT2D eigenvalue weighted by Crippen LogP contribution is -2.05. The lowest BCUT2D eigenvalue weighted by atomic mass is 10.1. The molecule has 20 heavy (non-hydrogen) atoms. The van der Waals surface area contributed by atoms with Gasteiger partial charge in [-0.3, -0.25) is 4.68 Å². The average molecular weight is 289 g/mol. The van der Waals surface area contributed by atoms with E-state index in [9.17, 15) is 0 Å². The molecule has 0 bridgehead atoms. The number of nitrogen functional groups attached to an aromatic ring is 1. The Labute approximate surface area is 120 Å². The number of fused-ring (bicyclic) bond motifs is 1. The van der Waals surface area contributed by atoms with Crippen molar-refractivity contribution < 1.29 is 4.74 Å². The normalized spacial score (nSPS) is 10.9. The van der Waals surface area contributed by atoms with E-state index in [1.807, 2.05) is 24.3 Å². The Morgan fingerprint density at radius 2 is 2.20 bits per heavy atom. The summed E-state index contributed by atoms with van der Waals surface area (Å²) in [5.74, 6) is 1.24. The monoisotopic (exact) mass is 288 g/mol.